The number of sulfonamides is 1. The molecule has 152 valence electrons. The van der Waals surface area contributed by atoms with E-state index in [1.165, 1.54) is 21.3 Å². The molecule has 0 fully saturated rings. The van der Waals surface area contributed by atoms with Crippen molar-refractivity contribution in [3.05, 3.63) is 59.1 Å². The summed E-state index contributed by atoms with van der Waals surface area (Å²) in [6, 6.07) is 13.1. The maximum atomic E-state index is 12.7. The Morgan fingerprint density at radius 3 is 2.32 bits per heavy atom. The van der Waals surface area contributed by atoms with Gasteiger partial charge in [0.15, 0.2) is 0 Å². The first-order chi connectivity index (χ1) is 13.3. The van der Waals surface area contributed by atoms with Gasteiger partial charge in [-0.15, -0.1) is 0 Å². The van der Waals surface area contributed by atoms with Crippen LogP contribution in [0.2, 0.25) is 5.02 Å². The van der Waals surface area contributed by atoms with Gasteiger partial charge in [-0.2, -0.15) is 4.31 Å². The van der Waals surface area contributed by atoms with Gasteiger partial charge < -0.3 is 9.64 Å². The number of ether oxygens (including phenoxy) is 1. The fourth-order valence-corrected chi connectivity index (χ4v) is 4.29. The van der Waals surface area contributed by atoms with Gasteiger partial charge in [-0.25, -0.2) is 8.42 Å². The minimum Gasteiger partial charge on any atom is -0.492 e. The smallest absolute Gasteiger partial charge is 0.253 e. The van der Waals surface area contributed by atoms with Crippen LogP contribution < -0.4 is 4.74 Å². The lowest BCUT2D eigenvalue weighted by molar-refractivity contribution is 0.0773. The largest absolute Gasteiger partial charge is 0.492 e. The Balaban J connectivity index is 2.04. The van der Waals surface area contributed by atoms with Crippen molar-refractivity contribution in [2.24, 2.45) is 0 Å². The number of carbonyl (C=O) groups is 1. The molecule has 0 aliphatic carbocycles. The maximum absolute atomic E-state index is 12.7. The van der Waals surface area contributed by atoms with Gasteiger partial charge in [0.1, 0.15) is 12.4 Å². The van der Waals surface area contributed by atoms with E-state index < -0.39 is 10.0 Å². The van der Waals surface area contributed by atoms with E-state index in [2.05, 4.69) is 0 Å². The third-order valence-electron chi connectivity index (χ3n) is 4.28. The molecule has 0 atom stereocenters. The lowest BCUT2D eigenvalue weighted by atomic mass is 10.2. The molecule has 2 aromatic carbocycles. The van der Waals surface area contributed by atoms with Gasteiger partial charge in [0, 0.05) is 30.7 Å². The molecule has 28 heavy (non-hydrogen) atoms. The first-order valence-electron chi connectivity index (χ1n) is 9.03. The Morgan fingerprint density at radius 2 is 1.71 bits per heavy atom. The molecule has 0 radical (unpaired) electrons. The predicted octanol–water partition coefficient (Wildman–Crippen LogP) is 3.52. The summed E-state index contributed by atoms with van der Waals surface area (Å²) in [4.78, 5) is 14.3. The van der Waals surface area contributed by atoms with Crippen LogP contribution in [0.15, 0.2) is 53.4 Å². The number of hydrogen-bond acceptors (Lipinski definition) is 4. The molecular formula is C20H25ClN2O4S. The van der Waals surface area contributed by atoms with Gasteiger partial charge in [-0.05, 0) is 42.5 Å². The van der Waals surface area contributed by atoms with Crippen LogP contribution in [-0.2, 0) is 10.0 Å². The Morgan fingerprint density at radius 1 is 1.07 bits per heavy atom. The van der Waals surface area contributed by atoms with Crippen LogP contribution >= 0.6 is 11.6 Å². The number of nitrogens with zero attached hydrogens (tertiary/aromatic N) is 2. The Hall–Kier alpha value is -2.09. The fourth-order valence-electron chi connectivity index (χ4n) is 2.66. The molecule has 0 spiro atoms. The number of rotatable bonds is 9. The van der Waals surface area contributed by atoms with Gasteiger partial charge in [-0.3, -0.25) is 4.79 Å². The van der Waals surface area contributed by atoms with Crippen LogP contribution in [-0.4, -0.2) is 56.8 Å². The molecule has 0 saturated carbocycles. The molecule has 6 nitrogen and oxygen atoms in total. The summed E-state index contributed by atoms with van der Waals surface area (Å²) < 4.78 is 32.3. The van der Waals surface area contributed by atoms with E-state index in [1.807, 2.05) is 0 Å². The molecule has 0 aliphatic rings. The second-order valence-electron chi connectivity index (χ2n) is 6.15. The normalized spacial score (nSPS) is 11.5. The first kappa shape index (κ1) is 22.2. The van der Waals surface area contributed by atoms with Gasteiger partial charge in [0.25, 0.3) is 5.91 Å². The van der Waals surface area contributed by atoms with Gasteiger partial charge >= 0.3 is 0 Å². The van der Waals surface area contributed by atoms with Crippen LogP contribution in [0.25, 0.3) is 0 Å². The second-order valence-corrected chi connectivity index (χ2v) is 8.52. The van der Waals surface area contributed by atoms with Crippen LogP contribution in [0.4, 0.5) is 0 Å². The maximum Gasteiger partial charge on any atom is 0.253 e. The molecule has 0 unspecified atom stereocenters. The number of benzene rings is 2. The molecule has 0 aromatic heterocycles. The molecule has 1 amide bonds. The molecule has 0 bridgehead atoms. The number of hydrogen-bond donors (Lipinski definition) is 0. The van der Waals surface area contributed by atoms with Crippen LogP contribution in [0.3, 0.4) is 0 Å². The van der Waals surface area contributed by atoms with E-state index in [0.717, 1.165) is 0 Å². The molecule has 0 saturated heterocycles. The first-order valence-corrected chi connectivity index (χ1v) is 10.9. The van der Waals surface area contributed by atoms with Gasteiger partial charge in [0.2, 0.25) is 10.0 Å². The van der Waals surface area contributed by atoms with Gasteiger partial charge in [-0.1, -0.05) is 31.5 Å². The molecule has 8 heteroatoms. The monoisotopic (exact) mass is 424 g/mol. The molecule has 0 heterocycles. The van der Waals surface area contributed by atoms with Crippen molar-refractivity contribution in [2.75, 3.05) is 33.3 Å². The standard InChI is InChI=1S/C20H25ClN2O4S/c1-4-23(5-2)28(25,26)19-8-6-7-16(15-19)20(24)22(3)13-14-27-18-11-9-17(21)10-12-18/h6-12,15H,4-5,13-14H2,1-3H3. The number of halogens is 1. The quantitative estimate of drug-likeness (QED) is 0.617. The lowest BCUT2D eigenvalue weighted by Gasteiger charge is -2.20. The summed E-state index contributed by atoms with van der Waals surface area (Å²) in [5, 5.41) is 0.624. The van der Waals surface area contributed by atoms with E-state index in [9.17, 15) is 13.2 Å². The fraction of sp³-hybridized carbons (Fsp3) is 0.350. The molecule has 0 aliphatic heterocycles. The molecular weight excluding hydrogens is 400 g/mol. The van der Waals surface area contributed by atoms with Crippen LogP contribution in [0, 0.1) is 0 Å². The van der Waals surface area contributed by atoms with Crippen molar-refractivity contribution in [1.82, 2.24) is 9.21 Å². The zero-order valence-corrected chi connectivity index (χ0v) is 17.8. The minimum atomic E-state index is -3.61. The average Bonchev–Trinajstić information content (AvgIpc) is 2.69. The summed E-state index contributed by atoms with van der Waals surface area (Å²) in [7, 11) is -1.96. The average molecular weight is 425 g/mol. The molecule has 2 rings (SSSR count). The van der Waals surface area contributed by atoms with Gasteiger partial charge in [0.05, 0.1) is 11.4 Å². The second kappa shape index (κ2) is 9.91. The summed E-state index contributed by atoms with van der Waals surface area (Å²) in [5.41, 5.74) is 0.322. The number of likely N-dealkylation sites (N-methyl/N-ethyl adjacent to an activating group) is 1. The van der Waals surface area contributed by atoms with E-state index >= 15 is 0 Å². The highest BCUT2D eigenvalue weighted by Gasteiger charge is 2.23. The molecule has 2 aromatic rings. The van der Waals surface area contributed by atoms with Crippen LogP contribution in [0.5, 0.6) is 5.75 Å². The zero-order valence-electron chi connectivity index (χ0n) is 16.3. The number of amides is 1. The summed E-state index contributed by atoms with van der Waals surface area (Å²) >= 11 is 5.83. The Labute approximate surface area is 171 Å². The SMILES string of the molecule is CCN(CC)S(=O)(=O)c1cccc(C(=O)N(C)CCOc2ccc(Cl)cc2)c1. The summed E-state index contributed by atoms with van der Waals surface area (Å²) in [6.45, 7) is 4.97. The Bertz CT molecular complexity index is 897. The summed E-state index contributed by atoms with van der Waals surface area (Å²) in [5.74, 6) is 0.397. The highest BCUT2D eigenvalue weighted by molar-refractivity contribution is 7.89. The lowest BCUT2D eigenvalue weighted by Crippen LogP contribution is -2.32. The van der Waals surface area contributed by atoms with E-state index in [1.54, 1.807) is 57.3 Å². The van der Waals surface area contributed by atoms with Crippen molar-refractivity contribution >= 4 is 27.5 Å². The third-order valence-corrected chi connectivity index (χ3v) is 6.58. The van der Waals surface area contributed by atoms with E-state index in [0.29, 0.717) is 42.6 Å². The van der Waals surface area contributed by atoms with Crippen molar-refractivity contribution in [3.63, 3.8) is 0 Å². The topological polar surface area (TPSA) is 66.9 Å². The predicted molar refractivity (Wildman–Crippen MR) is 110 cm³/mol. The zero-order chi connectivity index (χ0) is 20.7. The highest BCUT2D eigenvalue weighted by atomic mass is 35.5. The van der Waals surface area contributed by atoms with Crippen molar-refractivity contribution < 1.29 is 17.9 Å². The van der Waals surface area contributed by atoms with Crippen molar-refractivity contribution in [3.8, 4) is 5.75 Å². The third kappa shape index (κ3) is 5.47. The molecule has 0 N–H and O–H groups in total. The van der Waals surface area contributed by atoms with E-state index in [4.69, 9.17) is 16.3 Å². The van der Waals surface area contributed by atoms with Crippen molar-refractivity contribution in [1.29, 1.82) is 0 Å². The summed E-state index contributed by atoms with van der Waals surface area (Å²) in [6.07, 6.45) is 0. The highest BCUT2D eigenvalue weighted by Crippen LogP contribution is 2.18. The number of carbonyl (C=O) groups excluding carboxylic acids is 1. The minimum absolute atomic E-state index is 0.118. The van der Waals surface area contributed by atoms with E-state index in [-0.39, 0.29) is 10.8 Å². The van der Waals surface area contributed by atoms with Crippen molar-refractivity contribution in [2.45, 2.75) is 18.7 Å². The Kier molecular flexibility index (Phi) is 7.86. The van der Waals surface area contributed by atoms with Crippen LogP contribution in [0.1, 0.15) is 24.2 Å².